The number of thiophene rings is 1. The van der Waals surface area contributed by atoms with Crippen LogP contribution in [0.1, 0.15) is 10.4 Å². The number of methoxy groups -OCH3 is 2. The van der Waals surface area contributed by atoms with Crippen molar-refractivity contribution in [3.05, 3.63) is 58.4 Å². The summed E-state index contributed by atoms with van der Waals surface area (Å²) in [5.74, 6) is 1.40. The Kier molecular flexibility index (Phi) is 3.72. The van der Waals surface area contributed by atoms with E-state index < -0.39 is 0 Å². The summed E-state index contributed by atoms with van der Waals surface area (Å²) >= 11 is 1.79. The molecule has 0 bridgehead atoms. The first-order valence-corrected chi connectivity index (χ1v) is 9.49. The molecular formula is C21H17N3O2S. The minimum Gasteiger partial charge on any atom is -0.497 e. The predicted molar refractivity (Wildman–Crippen MR) is 106 cm³/mol. The number of aromatic nitrogens is 3. The second-order valence-electron chi connectivity index (χ2n) is 6.36. The average Bonchev–Trinajstić information content (AvgIpc) is 3.40. The summed E-state index contributed by atoms with van der Waals surface area (Å²) in [6.45, 7) is 0. The van der Waals surface area contributed by atoms with Gasteiger partial charge in [0.25, 0.3) is 0 Å². The fourth-order valence-electron chi connectivity index (χ4n) is 3.60. The van der Waals surface area contributed by atoms with Gasteiger partial charge in [-0.15, -0.1) is 11.3 Å². The highest BCUT2D eigenvalue weighted by molar-refractivity contribution is 7.10. The maximum Gasteiger partial charge on any atom is 0.212 e. The standard InChI is InChI=1S/C21H17N3O2S/c1-25-13-4-5-14(16(9-13)12-3-6-19(26-2)22-11-12)20-17-10-18-15(7-8-27-18)21(17)24-23-20/h3-9,11H,10H2,1-2H3,(H,23,24). The normalized spacial score (nSPS) is 11.9. The number of ether oxygens (including phenoxy) is 2. The van der Waals surface area contributed by atoms with E-state index in [4.69, 9.17) is 9.47 Å². The lowest BCUT2D eigenvalue weighted by molar-refractivity contribution is 0.398. The molecule has 0 radical (unpaired) electrons. The zero-order valence-electron chi connectivity index (χ0n) is 14.9. The van der Waals surface area contributed by atoms with Crippen LogP contribution in [-0.4, -0.2) is 29.4 Å². The lowest BCUT2D eigenvalue weighted by Crippen LogP contribution is -1.93. The van der Waals surface area contributed by atoms with E-state index >= 15 is 0 Å². The molecule has 1 N–H and O–H groups in total. The van der Waals surface area contributed by atoms with Crippen LogP contribution in [0.5, 0.6) is 11.6 Å². The van der Waals surface area contributed by atoms with Gasteiger partial charge in [0.1, 0.15) is 5.75 Å². The van der Waals surface area contributed by atoms with E-state index in [1.54, 1.807) is 25.6 Å². The van der Waals surface area contributed by atoms with Crippen molar-refractivity contribution in [3.8, 4) is 45.3 Å². The smallest absolute Gasteiger partial charge is 0.212 e. The van der Waals surface area contributed by atoms with Gasteiger partial charge in [0, 0.05) is 45.8 Å². The predicted octanol–water partition coefficient (Wildman–Crippen LogP) is 4.79. The van der Waals surface area contributed by atoms with Crippen molar-refractivity contribution in [2.75, 3.05) is 14.2 Å². The molecule has 5 nitrogen and oxygen atoms in total. The van der Waals surface area contributed by atoms with Gasteiger partial charge >= 0.3 is 0 Å². The van der Waals surface area contributed by atoms with Crippen LogP contribution >= 0.6 is 11.3 Å². The number of nitrogens with zero attached hydrogens (tertiary/aromatic N) is 2. The third-order valence-corrected chi connectivity index (χ3v) is 5.88. The molecule has 0 spiro atoms. The average molecular weight is 375 g/mol. The zero-order valence-corrected chi connectivity index (χ0v) is 15.8. The van der Waals surface area contributed by atoms with E-state index in [1.165, 1.54) is 16.0 Å². The SMILES string of the molecule is COc1ccc(-c2[nH]nc3c2Cc2sccc2-3)c(-c2ccc(OC)nc2)c1. The van der Waals surface area contributed by atoms with E-state index in [-0.39, 0.29) is 0 Å². The van der Waals surface area contributed by atoms with Crippen molar-refractivity contribution in [3.63, 3.8) is 0 Å². The second kappa shape index (κ2) is 6.25. The van der Waals surface area contributed by atoms with E-state index in [9.17, 15) is 0 Å². The lowest BCUT2D eigenvalue weighted by Gasteiger charge is -2.12. The summed E-state index contributed by atoms with van der Waals surface area (Å²) in [6.07, 6.45) is 2.74. The van der Waals surface area contributed by atoms with Crippen LogP contribution in [0.25, 0.3) is 33.6 Å². The van der Waals surface area contributed by atoms with E-state index in [0.717, 1.165) is 40.2 Å². The first-order chi connectivity index (χ1) is 13.3. The van der Waals surface area contributed by atoms with Gasteiger partial charge in [-0.2, -0.15) is 5.10 Å². The Morgan fingerprint density at radius 3 is 2.70 bits per heavy atom. The number of hydrogen-bond donors (Lipinski definition) is 1. The fraction of sp³-hybridized carbons (Fsp3) is 0.143. The molecule has 1 aliphatic rings. The number of aromatic amines is 1. The molecule has 0 fully saturated rings. The third kappa shape index (κ3) is 2.52. The Morgan fingerprint density at radius 2 is 1.93 bits per heavy atom. The van der Waals surface area contributed by atoms with Crippen LogP contribution in [0.15, 0.2) is 48.0 Å². The van der Waals surface area contributed by atoms with Gasteiger partial charge in [0.05, 0.1) is 25.6 Å². The van der Waals surface area contributed by atoms with Gasteiger partial charge in [-0.3, -0.25) is 5.10 Å². The molecule has 5 rings (SSSR count). The molecule has 0 saturated carbocycles. The topological polar surface area (TPSA) is 60.0 Å². The maximum absolute atomic E-state index is 5.46. The molecule has 6 heteroatoms. The number of rotatable bonds is 4. The van der Waals surface area contributed by atoms with Crippen molar-refractivity contribution < 1.29 is 9.47 Å². The molecule has 3 aromatic heterocycles. The molecule has 27 heavy (non-hydrogen) atoms. The molecule has 0 aliphatic heterocycles. The largest absolute Gasteiger partial charge is 0.497 e. The minimum atomic E-state index is 0.593. The highest BCUT2D eigenvalue weighted by Crippen LogP contribution is 2.44. The van der Waals surface area contributed by atoms with Crippen molar-refractivity contribution in [1.82, 2.24) is 15.2 Å². The number of nitrogens with one attached hydrogen (secondary N) is 1. The van der Waals surface area contributed by atoms with Gasteiger partial charge in [-0.1, -0.05) is 0 Å². The van der Waals surface area contributed by atoms with Crippen LogP contribution in [0.2, 0.25) is 0 Å². The lowest BCUT2D eigenvalue weighted by atomic mass is 9.96. The summed E-state index contributed by atoms with van der Waals surface area (Å²) in [5, 5.41) is 10.00. The van der Waals surface area contributed by atoms with Gasteiger partial charge in [0.15, 0.2) is 0 Å². The molecule has 0 saturated heterocycles. The number of H-pyrrole nitrogens is 1. The molecule has 3 heterocycles. The van der Waals surface area contributed by atoms with Gasteiger partial charge in [-0.25, -0.2) is 4.98 Å². The molecule has 0 unspecified atom stereocenters. The van der Waals surface area contributed by atoms with E-state index in [1.807, 2.05) is 30.5 Å². The van der Waals surface area contributed by atoms with Gasteiger partial charge in [0.2, 0.25) is 5.88 Å². The quantitative estimate of drug-likeness (QED) is 0.491. The van der Waals surface area contributed by atoms with E-state index in [2.05, 4.69) is 32.7 Å². The summed E-state index contributed by atoms with van der Waals surface area (Å²) in [4.78, 5) is 5.74. The Balaban J connectivity index is 1.66. The number of hydrogen-bond acceptors (Lipinski definition) is 5. The first kappa shape index (κ1) is 16.1. The maximum atomic E-state index is 5.46. The van der Waals surface area contributed by atoms with Crippen molar-refractivity contribution in [2.24, 2.45) is 0 Å². The highest BCUT2D eigenvalue weighted by atomic mass is 32.1. The molecule has 1 aliphatic carbocycles. The van der Waals surface area contributed by atoms with Crippen LogP contribution in [0, 0.1) is 0 Å². The second-order valence-corrected chi connectivity index (χ2v) is 7.36. The minimum absolute atomic E-state index is 0.593. The Morgan fingerprint density at radius 1 is 1.00 bits per heavy atom. The monoisotopic (exact) mass is 375 g/mol. The van der Waals surface area contributed by atoms with Gasteiger partial charge < -0.3 is 9.47 Å². The summed E-state index contributed by atoms with van der Waals surface area (Å²) in [5.41, 5.74) is 7.76. The molecule has 0 amide bonds. The Hall–Kier alpha value is -3.12. The van der Waals surface area contributed by atoms with E-state index in [0.29, 0.717) is 5.88 Å². The highest BCUT2D eigenvalue weighted by Gasteiger charge is 2.27. The van der Waals surface area contributed by atoms with Crippen LogP contribution in [-0.2, 0) is 6.42 Å². The first-order valence-electron chi connectivity index (χ1n) is 8.61. The fourth-order valence-corrected chi connectivity index (χ4v) is 4.49. The van der Waals surface area contributed by atoms with Crippen molar-refractivity contribution in [1.29, 1.82) is 0 Å². The summed E-state index contributed by atoms with van der Waals surface area (Å²) in [6, 6.07) is 12.1. The Labute approximate surface area is 160 Å². The third-order valence-electron chi connectivity index (χ3n) is 4.96. The number of benzene rings is 1. The molecule has 4 aromatic rings. The number of pyridine rings is 1. The van der Waals surface area contributed by atoms with Crippen molar-refractivity contribution >= 4 is 11.3 Å². The molecule has 0 atom stereocenters. The van der Waals surface area contributed by atoms with Crippen molar-refractivity contribution in [2.45, 2.75) is 6.42 Å². The molecule has 1 aromatic carbocycles. The molecular weight excluding hydrogens is 358 g/mol. The Bertz CT molecular complexity index is 1130. The summed E-state index contributed by atoms with van der Waals surface area (Å²) < 4.78 is 10.6. The molecule has 134 valence electrons. The van der Waals surface area contributed by atoms with Crippen LogP contribution in [0.3, 0.4) is 0 Å². The van der Waals surface area contributed by atoms with Gasteiger partial charge in [-0.05, 0) is 41.3 Å². The van der Waals surface area contributed by atoms with Crippen LogP contribution in [0.4, 0.5) is 0 Å². The van der Waals surface area contributed by atoms with Crippen LogP contribution < -0.4 is 9.47 Å². The zero-order chi connectivity index (χ0) is 18.4. The number of fused-ring (bicyclic) bond motifs is 3. The summed E-state index contributed by atoms with van der Waals surface area (Å²) in [7, 11) is 3.29.